The third-order valence-corrected chi connectivity index (χ3v) is 7.23. The van der Waals surface area contributed by atoms with Crippen molar-refractivity contribution in [1.82, 2.24) is 15.6 Å². The molecule has 1 aliphatic carbocycles. The molecule has 182 valence electrons. The maximum Gasteiger partial charge on any atom is 0.408 e. The first-order valence-corrected chi connectivity index (χ1v) is 12.3. The van der Waals surface area contributed by atoms with Gasteiger partial charge in [0.2, 0.25) is 5.91 Å². The number of nitrogens with zero attached hydrogens (tertiary/aromatic N) is 1. The number of amides is 2. The average Bonchev–Trinajstić information content (AvgIpc) is 3.46. The Balaban J connectivity index is 1.33. The van der Waals surface area contributed by atoms with Gasteiger partial charge in [-0.2, -0.15) is 0 Å². The lowest BCUT2D eigenvalue weighted by Crippen LogP contribution is -2.56. The van der Waals surface area contributed by atoms with Gasteiger partial charge < -0.3 is 20.5 Å². The molecule has 2 aromatic carbocycles. The van der Waals surface area contributed by atoms with Crippen LogP contribution in [0.3, 0.4) is 0 Å². The first-order valence-electron chi connectivity index (χ1n) is 11.4. The van der Waals surface area contributed by atoms with Gasteiger partial charge in [-0.15, -0.1) is 11.3 Å². The zero-order valence-electron chi connectivity index (χ0n) is 19.5. The molecule has 4 rings (SSSR count). The minimum atomic E-state index is -1.16. The van der Waals surface area contributed by atoms with Crippen LogP contribution in [0.2, 0.25) is 0 Å². The second kappa shape index (κ2) is 10.3. The van der Waals surface area contributed by atoms with E-state index in [2.05, 4.69) is 27.8 Å². The molecule has 1 atom stereocenters. The Bertz CT molecular complexity index is 1210. The molecule has 2 amide bonds. The third-order valence-electron chi connectivity index (χ3n) is 6.33. The largest absolute Gasteiger partial charge is 0.476 e. The molecule has 3 aromatic rings. The average molecular weight is 494 g/mol. The van der Waals surface area contributed by atoms with Crippen LogP contribution < -0.4 is 10.6 Å². The van der Waals surface area contributed by atoms with E-state index in [-0.39, 0.29) is 30.7 Å². The van der Waals surface area contributed by atoms with Gasteiger partial charge in [0.1, 0.15) is 12.1 Å². The molecule has 35 heavy (non-hydrogen) atoms. The van der Waals surface area contributed by atoms with Gasteiger partial charge in [0.05, 0.1) is 5.01 Å². The lowest BCUT2D eigenvalue weighted by Gasteiger charge is -2.28. The minimum absolute atomic E-state index is 0.00774. The highest BCUT2D eigenvalue weighted by Crippen LogP contribution is 2.44. The molecule has 1 heterocycles. The van der Waals surface area contributed by atoms with Crippen LogP contribution in [0, 0.1) is 0 Å². The van der Waals surface area contributed by atoms with Crippen LogP contribution >= 0.6 is 11.3 Å². The van der Waals surface area contributed by atoms with E-state index < -0.39 is 17.6 Å². The van der Waals surface area contributed by atoms with Crippen LogP contribution in [-0.4, -0.2) is 46.8 Å². The first kappa shape index (κ1) is 24.4. The molecule has 0 saturated carbocycles. The molecule has 1 unspecified atom stereocenters. The second-order valence-corrected chi connectivity index (χ2v) is 9.52. The number of aromatic carboxylic acids is 1. The number of rotatable bonds is 9. The summed E-state index contributed by atoms with van der Waals surface area (Å²) in [5.74, 6) is -1.49. The van der Waals surface area contributed by atoms with Crippen molar-refractivity contribution in [2.75, 3.05) is 13.2 Å². The molecule has 3 N–H and O–H groups in total. The van der Waals surface area contributed by atoms with Gasteiger partial charge in [0.25, 0.3) is 0 Å². The van der Waals surface area contributed by atoms with Gasteiger partial charge in [-0.3, -0.25) is 4.79 Å². The van der Waals surface area contributed by atoms with Crippen LogP contribution in [-0.2, 0) is 16.0 Å². The Morgan fingerprint density at radius 1 is 1.09 bits per heavy atom. The van der Waals surface area contributed by atoms with Gasteiger partial charge in [0, 0.05) is 24.3 Å². The predicted molar refractivity (Wildman–Crippen MR) is 133 cm³/mol. The number of benzene rings is 2. The van der Waals surface area contributed by atoms with Crippen LogP contribution in [0.1, 0.15) is 52.8 Å². The normalized spacial score (nSPS) is 13.9. The minimum Gasteiger partial charge on any atom is -0.476 e. The van der Waals surface area contributed by atoms with Gasteiger partial charge in [-0.05, 0) is 35.6 Å². The van der Waals surface area contributed by atoms with Crippen molar-refractivity contribution in [3.63, 3.8) is 0 Å². The fourth-order valence-corrected chi connectivity index (χ4v) is 4.94. The van der Waals surface area contributed by atoms with Crippen molar-refractivity contribution in [1.29, 1.82) is 0 Å². The number of carboxylic acids is 1. The van der Waals surface area contributed by atoms with Crippen molar-refractivity contribution in [3.05, 3.63) is 75.7 Å². The summed E-state index contributed by atoms with van der Waals surface area (Å²) in [5.41, 5.74) is 3.36. The van der Waals surface area contributed by atoms with Gasteiger partial charge in [-0.1, -0.05) is 55.5 Å². The van der Waals surface area contributed by atoms with E-state index in [1.165, 1.54) is 16.7 Å². The lowest BCUT2D eigenvalue weighted by molar-refractivity contribution is -0.127. The number of carbonyl (C=O) groups is 3. The van der Waals surface area contributed by atoms with Gasteiger partial charge in [-0.25, -0.2) is 14.6 Å². The number of nitrogens with one attached hydrogen (secondary N) is 2. The molecule has 1 aromatic heterocycles. The van der Waals surface area contributed by atoms with Crippen molar-refractivity contribution >= 4 is 29.3 Å². The summed E-state index contributed by atoms with van der Waals surface area (Å²) in [4.78, 5) is 40.5. The summed E-state index contributed by atoms with van der Waals surface area (Å²) in [6.45, 7) is 3.89. The van der Waals surface area contributed by atoms with Crippen molar-refractivity contribution in [2.45, 2.75) is 38.1 Å². The number of thiazole rings is 1. The highest BCUT2D eigenvalue weighted by Gasteiger charge is 2.34. The Hall–Kier alpha value is -3.72. The van der Waals surface area contributed by atoms with E-state index in [0.29, 0.717) is 17.8 Å². The molecule has 9 heteroatoms. The van der Waals surface area contributed by atoms with E-state index in [4.69, 9.17) is 9.84 Å². The smallest absolute Gasteiger partial charge is 0.408 e. The molecule has 0 bridgehead atoms. The zero-order chi connectivity index (χ0) is 25.0. The number of carboxylic acid groups (broad SMARTS) is 1. The fourth-order valence-electron chi connectivity index (χ4n) is 4.17. The Morgan fingerprint density at radius 2 is 1.71 bits per heavy atom. The van der Waals surface area contributed by atoms with E-state index in [1.807, 2.05) is 43.3 Å². The Kier molecular flexibility index (Phi) is 7.16. The topological polar surface area (TPSA) is 118 Å². The Morgan fingerprint density at radius 3 is 2.29 bits per heavy atom. The number of fused-ring (bicyclic) bond motifs is 3. The second-order valence-electron chi connectivity index (χ2n) is 8.57. The summed E-state index contributed by atoms with van der Waals surface area (Å²) in [6, 6.07) is 16.2. The Labute approximate surface area is 207 Å². The molecular weight excluding hydrogens is 466 g/mol. The van der Waals surface area contributed by atoms with Gasteiger partial charge in [0.15, 0.2) is 5.69 Å². The van der Waals surface area contributed by atoms with Crippen molar-refractivity contribution in [2.24, 2.45) is 0 Å². The highest BCUT2D eigenvalue weighted by atomic mass is 32.1. The van der Waals surface area contributed by atoms with E-state index in [1.54, 1.807) is 6.92 Å². The number of ether oxygens (including phenoxy) is 1. The molecular formula is C26H27N3O5S. The molecule has 0 aliphatic heterocycles. The maximum absolute atomic E-state index is 12.8. The molecule has 0 radical (unpaired) electrons. The standard InChI is InChI=1S/C26H27N3O5S/c1-3-26(2,24(32)27-13-12-22-28-21(15-35-22)23(30)31)29-25(33)34-14-20-18-10-6-4-8-16(18)17-9-5-7-11-19(17)20/h4-11,15,20H,3,12-14H2,1-2H3,(H,27,32)(H,29,33)(H,30,31). The van der Waals surface area contributed by atoms with Crippen molar-refractivity contribution < 1.29 is 24.2 Å². The monoisotopic (exact) mass is 493 g/mol. The summed E-state index contributed by atoms with van der Waals surface area (Å²) in [6.07, 6.45) is 0.107. The SMILES string of the molecule is CCC(C)(NC(=O)OCC1c2ccccc2-c2ccccc21)C(=O)NCCc1nc(C(=O)O)cs1. The van der Waals surface area contributed by atoms with E-state index in [9.17, 15) is 14.4 Å². The molecule has 8 nitrogen and oxygen atoms in total. The molecule has 0 spiro atoms. The number of hydrogen-bond donors (Lipinski definition) is 3. The summed E-state index contributed by atoms with van der Waals surface area (Å²) < 4.78 is 5.59. The number of hydrogen-bond acceptors (Lipinski definition) is 6. The number of carbonyl (C=O) groups excluding carboxylic acids is 2. The van der Waals surface area contributed by atoms with Crippen LogP contribution in [0.4, 0.5) is 4.79 Å². The zero-order valence-corrected chi connectivity index (χ0v) is 20.4. The fraction of sp³-hybridized carbons (Fsp3) is 0.308. The van der Waals surface area contributed by atoms with Crippen molar-refractivity contribution in [3.8, 4) is 11.1 Å². The number of aromatic nitrogens is 1. The first-order chi connectivity index (χ1) is 16.8. The van der Waals surface area contributed by atoms with Crippen LogP contribution in [0.5, 0.6) is 0 Å². The molecule has 0 fully saturated rings. The third kappa shape index (κ3) is 5.19. The molecule has 1 aliphatic rings. The predicted octanol–water partition coefficient (Wildman–Crippen LogP) is 4.21. The summed E-state index contributed by atoms with van der Waals surface area (Å²) >= 11 is 1.23. The summed E-state index contributed by atoms with van der Waals surface area (Å²) in [5, 5.41) is 16.6. The van der Waals surface area contributed by atoms with Gasteiger partial charge >= 0.3 is 12.1 Å². The van der Waals surface area contributed by atoms with E-state index in [0.717, 1.165) is 22.3 Å². The van der Waals surface area contributed by atoms with Crippen LogP contribution in [0.15, 0.2) is 53.9 Å². The molecule has 0 saturated heterocycles. The number of alkyl carbamates (subject to hydrolysis) is 1. The highest BCUT2D eigenvalue weighted by molar-refractivity contribution is 7.09. The van der Waals surface area contributed by atoms with E-state index >= 15 is 0 Å². The van der Waals surface area contributed by atoms with Crippen LogP contribution in [0.25, 0.3) is 11.1 Å². The lowest BCUT2D eigenvalue weighted by atomic mass is 9.97. The maximum atomic E-state index is 12.8. The quantitative estimate of drug-likeness (QED) is 0.411. The summed E-state index contributed by atoms with van der Waals surface area (Å²) in [7, 11) is 0.